The van der Waals surface area contributed by atoms with Gasteiger partial charge in [0.15, 0.2) is 0 Å². The predicted molar refractivity (Wildman–Crippen MR) is 75.7 cm³/mol. The molecule has 0 spiro atoms. The second kappa shape index (κ2) is 5.25. The van der Waals surface area contributed by atoms with Gasteiger partial charge >= 0.3 is 0 Å². The lowest BCUT2D eigenvalue weighted by molar-refractivity contribution is 0.867. The molecule has 0 atom stereocenters. The molecule has 90 valence electrons. The first-order valence-corrected chi connectivity index (χ1v) is 6.29. The van der Waals surface area contributed by atoms with Crippen LogP contribution >= 0.6 is 11.6 Å². The molecule has 0 aliphatic carbocycles. The molecule has 2 aromatic carbocycles. The van der Waals surface area contributed by atoms with Crippen molar-refractivity contribution in [3.63, 3.8) is 0 Å². The Morgan fingerprint density at radius 1 is 1.00 bits per heavy atom. The minimum Gasteiger partial charge on any atom is -0.192 e. The highest BCUT2D eigenvalue weighted by Crippen LogP contribution is 2.26. The number of hydrogen-bond donors (Lipinski definition) is 0. The van der Waals surface area contributed by atoms with Gasteiger partial charge in [-0.25, -0.2) is 0 Å². The number of benzene rings is 2. The van der Waals surface area contributed by atoms with Gasteiger partial charge in [0, 0.05) is 5.02 Å². The van der Waals surface area contributed by atoms with Crippen LogP contribution in [0.1, 0.15) is 30.9 Å². The first-order valence-electron chi connectivity index (χ1n) is 5.91. The second-order valence-electron chi connectivity index (χ2n) is 4.62. The Hall–Kier alpha value is -1.78. The van der Waals surface area contributed by atoms with Crippen LogP contribution in [0.15, 0.2) is 42.5 Å². The van der Waals surface area contributed by atoms with Crippen LogP contribution in [0.5, 0.6) is 0 Å². The molecule has 2 rings (SSSR count). The van der Waals surface area contributed by atoms with E-state index in [1.807, 2.05) is 12.1 Å². The van der Waals surface area contributed by atoms with E-state index in [9.17, 15) is 0 Å². The summed E-state index contributed by atoms with van der Waals surface area (Å²) in [6.45, 7) is 4.34. The summed E-state index contributed by atoms with van der Waals surface area (Å²) in [5, 5.41) is 9.54. The van der Waals surface area contributed by atoms with Gasteiger partial charge in [-0.1, -0.05) is 49.7 Å². The molecule has 0 heterocycles. The summed E-state index contributed by atoms with van der Waals surface area (Å²) in [6.07, 6.45) is 0. The van der Waals surface area contributed by atoms with E-state index in [-0.39, 0.29) is 0 Å². The molecule has 18 heavy (non-hydrogen) atoms. The third kappa shape index (κ3) is 2.72. The van der Waals surface area contributed by atoms with Crippen molar-refractivity contribution in [1.82, 2.24) is 0 Å². The van der Waals surface area contributed by atoms with Crippen molar-refractivity contribution in [3.05, 3.63) is 58.6 Å². The normalized spacial score (nSPS) is 10.4. The number of hydrogen-bond acceptors (Lipinski definition) is 1. The lowest BCUT2D eigenvalue weighted by atomic mass is 9.98. The minimum absolute atomic E-state index is 0.521. The number of nitrogens with zero attached hydrogens (tertiary/aromatic N) is 1. The quantitative estimate of drug-likeness (QED) is 0.741. The molecule has 0 aliphatic heterocycles. The molecule has 0 aromatic heterocycles. The number of nitriles is 1. The fraction of sp³-hybridized carbons (Fsp3) is 0.188. The number of halogens is 1. The van der Waals surface area contributed by atoms with Gasteiger partial charge in [-0.05, 0) is 40.8 Å². The molecule has 0 radical (unpaired) electrons. The maximum absolute atomic E-state index is 8.94. The fourth-order valence-electron chi connectivity index (χ4n) is 1.88. The van der Waals surface area contributed by atoms with E-state index in [1.54, 1.807) is 6.07 Å². The zero-order valence-electron chi connectivity index (χ0n) is 10.4. The van der Waals surface area contributed by atoms with Crippen LogP contribution in [-0.2, 0) is 0 Å². The molecule has 0 fully saturated rings. The van der Waals surface area contributed by atoms with Crippen molar-refractivity contribution in [2.75, 3.05) is 0 Å². The molecule has 0 bridgehead atoms. The van der Waals surface area contributed by atoms with Gasteiger partial charge in [0.1, 0.15) is 0 Å². The second-order valence-corrected chi connectivity index (χ2v) is 5.05. The predicted octanol–water partition coefficient (Wildman–Crippen LogP) is 5.00. The molecule has 0 saturated heterocycles. The van der Waals surface area contributed by atoms with Gasteiger partial charge in [-0.3, -0.25) is 0 Å². The van der Waals surface area contributed by atoms with E-state index < -0.39 is 0 Å². The van der Waals surface area contributed by atoms with Crippen molar-refractivity contribution in [3.8, 4) is 17.2 Å². The standard InChI is InChI=1S/C16H14ClN/c1-11(2)13-3-5-14(6-4-13)15-7-12(10-18)8-16(17)9-15/h3-9,11H,1-2H3. The van der Waals surface area contributed by atoms with E-state index >= 15 is 0 Å². The molecule has 0 aliphatic rings. The molecular weight excluding hydrogens is 242 g/mol. The smallest absolute Gasteiger partial charge is 0.0992 e. The average Bonchev–Trinajstić information content (AvgIpc) is 2.38. The van der Waals surface area contributed by atoms with Crippen LogP contribution < -0.4 is 0 Å². The van der Waals surface area contributed by atoms with Crippen molar-refractivity contribution in [2.45, 2.75) is 19.8 Å². The van der Waals surface area contributed by atoms with Gasteiger partial charge in [0.25, 0.3) is 0 Å². The van der Waals surface area contributed by atoms with Crippen LogP contribution in [0.4, 0.5) is 0 Å². The van der Waals surface area contributed by atoms with E-state index in [0.29, 0.717) is 16.5 Å². The molecular formula is C16H14ClN. The summed E-state index contributed by atoms with van der Waals surface area (Å²) in [6, 6.07) is 15.9. The maximum atomic E-state index is 8.94. The van der Waals surface area contributed by atoms with Gasteiger partial charge in [0.2, 0.25) is 0 Å². The van der Waals surface area contributed by atoms with Crippen molar-refractivity contribution < 1.29 is 0 Å². The van der Waals surface area contributed by atoms with Gasteiger partial charge < -0.3 is 0 Å². The third-order valence-electron chi connectivity index (χ3n) is 2.94. The Morgan fingerprint density at radius 3 is 2.22 bits per heavy atom. The first-order chi connectivity index (χ1) is 8.60. The van der Waals surface area contributed by atoms with Crippen LogP contribution in [0.25, 0.3) is 11.1 Å². The van der Waals surface area contributed by atoms with E-state index in [0.717, 1.165) is 11.1 Å². The Bertz CT molecular complexity index is 591. The highest BCUT2D eigenvalue weighted by Gasteiger charge is 2.03. The summed E-state index contributed by atoms with van der Waals surface area (Å²) in [5.41, 5.74) is 3.96. The summed E-state index contributed by atoms with van der Waals surface area (Å²) < 4.78 is 0. The van der Waals surface area contributed by atoms with Crippen LogP contribution in [0.3, 0.4) is 0 Å². The highest BCUT2D eigenvalue weighted by atomic mass is 35.5. The van der Waals surface area contributed by atoms with Crippen molar-refractivity contribution in [1.29, 1.82) is 5.26 Å². The van der Waals surface area contributed by atoms with E-state index in [4.69, 9.17) is 16.9 Å². The van der Waals surface area contributed by atoms with E-state index in [2.05, 4.69) is 44.2 Å². The van der Waals surface area contributed by atoms with Crippen LogP contribution in [0, 0.1) is 11.3 Å². The van der Waals surface area contributed by atoms with Gasteiger partial charge in [-0.15, -0.1) is 0 Å². The Morgan fingerprint density at radius 2 is 1.67 bits per heavy atom. The van der Waals surface area contributed by atoms with Crippen molar-refractivity contribution >= 4 is 11.6 Å². The Kier molecular flexibility index (Phi) is 3.69. The molecule has 2 aromatic rings. The van der Waals surface area contributed by atoms with Crippen LogP contribution in [-0.4, -0.2) is 0 Å². The Balaban J connectivity index is 2.43. The summed E-state index contributed by atoms with van der Waals surface area (Å²) in [7, 11) is 0. The Labute approximate surface area is 113 Å². The SMILES string of the molecule is CC(C)c1ccc(-c2cc(Cl)cc(C#N)c2)cc1. The minimum atomic E-state index is 0.521. The molecule has 1 nitrogen and oxygen atoms in total. The molecule has 2 heteroatoms. The zero-order chi connectivity index (χ0) is 13.1. The monoisotopic (exact) mass is 255 g/mol. The maximum Gasteiger partial charge on any atom is 0.0992 e. The summed E-state index contributed by atoms with van der Waals surface area (Å²) in [5.74, 6) is 0.521. The lowest BCUT2D eigenvalue weighted by Crippen LogP contribution is -1.87. The fourth-order valence-corrected chi connectivity index (χ4v) is 2.12. The molecule has 0 N–H and O–H groups in total. The van der Waals surface area contributed by atoms with E-state index in [1.165, 1.54) is 5.56 Å². The topological polar surface area (TPSA) is 23.8 Å². The summed E-state index contributed by atoms with van der Waals surface area (Å²) >= 11 is 6.01. The third-order valence-corrected chi connectivity index (χ3v) is 3.16. The molecule has 0 unspecified atom stereocenters. The molecule has 0 amide bonds. The van der Waals surface area contributed by atoms with Gasteiger partial charge in [0.05, 0.1) is 11.6 Å². The number of rotatable bonds is 2. The highest BCUT2D eigenvalue weighted by molar-refractivity contribution is 6.31. The lowest BCUT2D eigenvalue weighted by Gasteiger charge is -2.07. The zero-order valence-corrected chi connectivity index (χ0v) is 11.2. The first kappa shape index (κ1) is 12.7. The van der Waals surface area contributed by atoms with Crippen molar-refractivity contribution in [2.24, 2.45) is 0 Å². The van der Waals surface area contributed by atoms with Gasteiger partial charge in [-0.2, -0.15) is 5.26 Å². The average molecular weight is 256 g/mol. The van der Waals surface area contributed by atoms with Crippen LogP contribution in [0.2, 0.25) is 5.02 Å². The largest absolute Gasteiger partial charge is 0.192 e. The summed E-state index contributed by atoms with van der Waals surface area (Å²) in [4.78, 5) is 0. The molecule has 0 saturated carbocycles.